The number of nitriles is 1. The second-order valence-corrected chi connectivity index (χ2v) is 5.23. The van der Waals surface area contributed by atoms with E-state index in [1.165, 1.54) is 0 Å². The van der Waals surface area contributed by atoms with Crippen LogP contribution in [0, 0.1) is 11.3 Å². The van der Waals surface area contributed by atoms with Crippen molar-refractivity contribution in [1.29, 1.82) is 5.26 Å². The van der Waals surface area contributed by atoms with E-state index in [0.29, 0.717) is 15.6 Å². The summed E-state index contributed by atoms with van der Waals surface area (Å²) < 4.78 is 0.745. The van der Waals surface area contributed by atoms with E-state index in [1.807, 2.05) is 18.2 Å². The Morgan fingerprint density at radius 2 is 1.67 bits per heavy atom. The molecule has 18 heavy (non-hydrogen) atoms. The zero-order chi connectivity index (χ0) is 13.1. The molecule has 0 bridgehead atoms. The van der Waals surface area contributed by atoms with Gasteiger partial charge in [0.05, 0.1) is 15.6 Å². The molecule has 0 unspecified atom stereocenters. The van der Waals surface area contributed by atoms with E-state index in [0.717, 1.165) is 15.8 Å². The highest BCUT2D eigenvalue weighted by molar-refractivity contribution is 9.10. The maximum atomic E-state index is 8.83. The summed E-state index contributed by atoms with van der Waals surface area (Å²) in [4.78, 5) is 0. The van der Waals surface area contributed by atoms with Gasteiger partial charge in [-0.2, -0.15) is 5.26 Å². The van der Waals surface area contributed by atoms with Crippen LogP contribution in [0.4, 0.5) is 11.4 Å². The minimum atomic E-state index is 0.495. The smallest absolute Gasteiger partial charge is 0.100 e. The Hall–Kier alpha value is -1.21. The lowest BCUT2D eigenvalue weighted by Crippen LogP contribution is -1.91. The number of anilines is 2. The molecule has 0 saturated heterocycles. The molecule has 0 atom stereocenters. The van der Waals surface area contributed by atoms with Crippen molar-refractivity contribution in [3.8, 4) is 6.07 Å². The molecule has 2 aromatic carbocycles. The van der Waals surface area contributed by atoms with Crippen LogP contribution in [0.2, 0.25) is 10.0 Å². The number of halogens is 3. The highest BCUT2D eigenvalue weighted by atomic mass is 79.9. The van der Waals surface area contributed by atoms with Crippen LogP contribution in [0.15, 0.2) is 40.9 Å². The van der Waals surface area contributed by atoms with Gasteiger partial charge in [-0.15, -0.1) is 0 Å². The summed E-state index contributed by atoms with van der Waals surface area (Å²) in [6.07, 6.45) is 0. The van der Waals surface area contributed by atoms with Crippen molar-refractivity contribution in [2.45, 2.75) is 0 Å². The van der Waals surface area contributed by atoms with E-state index in [2.05, 4.69) is 27.3 Å². The Morgan fingerprint density at radius 3 is 2.28 bits per heavy atom. The Labute approximate surface area is 123 Å². The van der Waals surface area contributed by atoms with Crippen LogP contribution in [-0.2, 0) is 0 Å². The highest BCUT2D eigenvalue weighted by Gasteiger charge is 2.03. The molecule has 0 aliphatic rings. The van der Waals surface area contributed by atoms with E-state index in [-0.39, 0.29) is 0 Å². The van der Waals surface area contributed by atoms with Crippen molar-refractivity contribution in [2.24, 2.45) is 0 Å². The van der Waals surface area contributed by atoms with Gasteiger partial charge in [-0.1, -0.05) is 23.2 Å². The summed E-state index contributed by atoms with van der Waals surface area (Å²) in [5, 5.41) is 13.0. The number of nitrogens with zero attached hydrogens (tertiary/aromatic N) is 1. The fraction of sp³-hybridized carbons (Fsp3) is 0. The molecule has 0 aliphatic carbocycles. The Morgan fingerprint density at radius 1 is 1.00 bits per heavy atom. The maximum Gasteiger partial charge on any atom is 0.100 e. The highest BCUT2D eigenvalue weighted by Crippen LogP contribution is 2.28. The molecule has 90 valence electrons. The van der Waals surface area contributed by atoms with Crippen LogP contribution >= 0.6 is 39.1 Å². The maximum absolute atomic E-state index is 8.83. The predicted molar refractivity (Wildman–Crippen MR) is 78.6 cm³/mol. The van der Waals surface area contributed by atoms with Gasteiger partial charge < -0.3 is 5.32 Å². The Bertz CT molecular complexity index is 635. The fourth-order valence-electron chi connectivity index (χ4n) is 1.42. The van der Waals surface area contributed by atoms with Gasteiger partial charge in [0, 0.05) is 15.8 Å². The van der Waals surface area contributed by atoms with Crippen LogP contribution in [0.5, 0.6) is 0 Å². The summed E-state index contributed by atoms with van der Waals surface area (Å²) in [5.74, 6) is 0. The molecular formula is C13H7BrCl2N2. The Balaban J connectivity index is 2.26. The van der Waals surface area contributed by atoms with Crippen molar-refractivity contribution in [3.05, 3.63) is 56.5 Å². The molecule has 0 radical (unpaired) electrons. The van der Waals surface area contributed by atoms with E-state index in [4.69, 9.17) is 28.5 Å². The molecule has 0 fully saturated rings. The van der Waals surface area contributed by atoms with Gasteiger partial charge in [0.15, 0.2) is 0 Å². The van der Waals surface area contributed by atoms with Crippen molar-refractivity contribution >= 4 is 50.5 Å². The van der Waals surface area contributed by atoms with Crippen molar-refractivity contribution in [1.82, 2.24) is 0 Å². The summed E-state index contributed by atoms with van der Waals surface area (Å²) in [7, 11) is 0. The zero-order valence-electron chi connectivity index (χ0n) is 9.05. The molecule has 0 heterocycles. The third kappa shape index (κ3) is 2.97. The van der Waals surface area contributed by atoms with E-state index in [9.17, 15) is 0 Å². The van der Waals surface area contributed by atoms with Gasteiger partial charge in [-0.05, 0) is 52.3 Å². The number of rotatable bonds is 2. The van der Waals surface area contributed by atoms with Crippen LogP contribution in [0.25, 0.3) is 0 Å². The second-order valence-electron chi connectivity index (χ2n) is 3.56. The standard InChI is InChI=1S/C13H7BrCl2N2/c14-11-5-9(2-1-8(11)7-17)18-10-3-4-12(15)13(16)6-10/h1-6,18H. The number of hydrogen-bond acceptors (Lipinski definition) is 2. The minimum Gasteiger partial charge on any atom is -0.355 e. The first-order chi connectivity index (χ1) is 8.60. The number of nitrogens with one attached hydrogen (secondary N) is 1. The molecule has 0 amide bonds. The SMILES string of the molecule is N#Cc1ccc(Nc2ccc(Cl)c(Cl)c2)cc1Br. The minimum absolute atomic E-state index is 0.495. The lowest BCUT2D eigenvalue weighted by molar-refractivity contribution is 1.45. The second kappa shape index (κ2) is 5.62. The van der Waals surface area contributed by atoms with Gasteiger partial charge in [-0.25, -0.2) is 0 Å². The average molecular weight is 342 g/mol. The van der Waals surface area contributed by atoms with E-state index in [1.54, 1.807) is 18.2 Å². The zero-order valence-corrected chi connectivity index (χ0v) is 12.1. The average Bonchev–Trinajstić information content (AvgIpc) is 2.34. The quantitative estimate of drug-likeness (QED) is 0.796. The first kappa shape index (κ1) is 13.2. The normalized spacial score (nSPS) is 9.89. The molecule has 0 saturated carbocycles. The lowest BCUT2D eigenvalue weighted by atomic mass is 10.2. The predicted octanol–water partition coefficient (Wildman–Crippen LogP) is 5.37. The van der Waals surface area contributed by atoms with Gasteiger partial charge in [0.2, 0.25) is 0 Å². The van der Waals surface area contributed by atoms with Crippen LogP contribution in [0.3, 0.4) is 0 Å². The summed E-state index contributed by atoms with van der Waals surface area (Å²) in [5.41, 5.74) is 2.29. The first-order valence-corrected chi connectivity index (χ1v) is 6.57. The molecule has 2 aromatic rings. The summed E-state index contributed by atoms with van der Waals surface area (Å²) in [6.45, 7) is 0. The van der Waals surface area contributed by atoms with Crippen LogP contribution in [0.1, 0.15) is 5.56 Å². The van der Waals surface area contributed by atoms with E-state index >= 15 is 0 Å². The van der Waals surface area contributed by atoms with Gasteiger partial charge >= 0.3 is 0 Å². The first-order valence-electron chi connectivity index (χ1n) is 5.02. The number of benzene rings is 2. The van der Waals surface area contributed by atoms with Gasteiger partial charge in [-0.3, -0.25) is 0 Å². The summed E-state index contributed by atoms with van der Waals surface area (Å²) in [6, 6.07) is 12.8. The number of hydrogen-bond donors (Lipinski definition) is 1. The van der Waals surface area contributed by atoms with Crippen molar-refractivity contribution in [3.63, 3.8) is 0 Å². The third-order valence-electron chi connectivity index (χ3n) is 2.30. The van der Waals surface area contributed by atoms with Gasteiger partial charge in [0.1, 0.15) is 6.07 Å². The molecule has 0 aromatic heterocycles. The largest absolute Gasteiger partial charge is 0.355 e. The van der Waals surface area contributed by atoms with Gasteiger partial charge in [0.25, 0.3) is 0 Å². The van der Waals surface area contributed by atoms with Crippen LogP contribution in [-0.4, -0.2) is 0 Å². The third-order valence-corrected chi connectivity index (χ3v) is 3.69. The van der Waals surface area contributed by atoms with E-state index < -0.39 is 0 Å². The van der Waals surface area contributed by atoms with Crippen molar-refractivity contribution < 1.29 is 0 Å². The molecule has 0 aliphatic heterocycles. The Kier molecular flexibility index (Phi) is 4.13. The molecule has 1 N–H and O–H groups in total. The van der Waals surface area contributed by atoms with Crippen molar-refractivity contribution in [2.75, 3.05) is 5.32 Å². The fourth-order valence-corrected chi connectivity index (χ4v) is 2.19. The molecule has 5 heteroatoms. The summed E-state index contributed by atoms with van der Waals surface area (Å²) >= 11 is 15.1. The monoisotopic (exact) mass is 340 g/mol. The molecular weight excluding hydrogens is 335 g/mol. The molecule has 0 spiro atoms. The molecule has 2 nitrogen and oxygen atoms in total. The molecule has 2 rings (SSSR count). The topological polar surface area (TPSA) is 35.8 Å². The van der Waals surface area contributed by atoms with Crippen LogP contribution < -0.4 is 5.32 Å². The lowest BCUT2D eigenvalue weighted by Gasteiger charge is -2.08.